The maximum atomic E-state index is 12.8. The topological polar surface area (TPSA) is 102 Å². The summed E-state index contributed by atoms with van der Waals surface area (Å²) in [5.41, 5.74) is 0.468. The summed E-state index contributed by atoms with van der Waals surface area (Å²) >= 11 is 0. The van der Waals surface area contributed by atoms with Gasteiger partial charge in [-0.3, -0.25) is 14.9 Å². The molecule has 0 aliphatic carbocycles. The summed E-state index contributed by atoms with van der Waals surface area (Å²) in [6, 6.07) is 6.78. The summed E-state index contributed by atoms with van der Waals surface area (Å²) < 4.78 is 49.6. The zero-order valence-electron chi connectivity index (χ0n) is 21.7. The molecule has 0 aromatic carbocycles. The number of rotatable bonds is 7. The summed E-state index contributed by atoms with van der Waals surface area (Å²) in [6.07, 6.45) is -1.01. The van der Waals surface area contributed by atoms with Gasteiger partial charge in [0.25, 0.3) is 0 Å². The molecule has 0 bridgehead atoms. The van der Waals surface area contributed by atoms with E-state index in [1.165, 1.54) is 17.2 Å². The van der Waals surface area contributed by atoms with Gasteiger partial charge in [-0.05, 0) is 52.8 Å². The lowest BCUT2D eigenvalue weighted by Gasteiger charge is -2.31. The molecule has 39 heavy (non-hydrogen) atoms. The number of hydrogen-bond acceptors (Lipinski definition) is 8. The lowest BCUT2D eigenvalue weighted by atomic mass is 10.1. The average Bonchev–Trinajstić information content (AvgIpc) is 3.24. The first-order valence-corrected chi connectivity index (χ1v) is 12.0. The number of carbonyl (C=O) groups is 1. The number of amides is 1. The van der Waals surface area contributed by atoms with Gasteiger partial charge in [-0.25, -0.2) is 9.78 Å². The van der Waals surface area contributed by atoms with Crippen molar-refractivity contribution in [3.8, 4) is 11.1 Å². The Kier molecular flexibility index (Phi) is 8.79. The molecule has 0 saturated carbocycles. The van der Waals surface area contributed by atoms with Crippen molar-refractivity contribution in [2.24, 2.45) is 0 Å². The number of nitrogens with one attached hydrogen (secondary N) is 1. The maximum absolute atomic E-state index is 12.8. The third-order valence-electron chi connectivity index (χ3n) is 5.84. The average molecular weight is 547 g/mol. The van der Waals surface area contributed by atoms with Gasteiger partial charge >= 0.3 is 12.3 Å². The zero-order chi connectivity index (χ0) is 27.7. The molecule has 1 amide bonds. The standard InChI is InChI=1S/C26H29F3N6O3.CH4/c1-15(19-8-6-17(12-31-19)18-7-9-21(32-13-18)26(27,28)29)33-23-30-11-10-22(34-23)35-20(14-37-24(35)36)16(2)38-25(3,4)5;/h6-13,15-16,20H,14H2,1-5H3,(H,30,33,34);1H4/t15-,16+,20+;/m0./s1. The molecule has 12 heteroatoms. The van der Waals surface area contributed by atoms with Crippen LogP contribution in [0.1, 0.15) is 59.5 Å². The smallest absolute Gasteiger partial charge is 0.433 e. The van der Waals surface area contributed by atoms with Crippen molar-refractivity contribution in [2.45, 2.75) is 72.0 Å². The molecule has 4 heterocycles. The number of carbonyl (C=O) groups excluding carboxylic acids is 1. The van der Waals surface area contributed by atoms with Crippen LogP contribution in [0.25, 0.3) is 11.1 Å². The highest BCUT2D eigenvalue weighted by molar-refractivity contribution is 5.89. The molecule has 1 saturated heterocycles. The molecule has 1 aliphatic heterocycles. The number of cyclic esters (lactones) is 1. The Morgan fingerprint density at radius 3 is 2.26 bits per heavy atom. The van der Waals surface area contributed by atoms with Crippen molar-refractivity contribution in [2.75, 3.05) is 16.8 Å². The van der Waals surface area contributed by atoms with E-state index >= 15 is 0 Å². The Morgan fingerprint density at radius 2 is 1.69 bits per heavy atom. The third-order valence-corrected chi connectivity index (χ3v) is 5.84. The predicted molar refractivity (Wildman–Crippen MR) is 141 cm³/mol. The Labute approximate surface area is 225 Å². The number of aromatic nitrogens is 4. The number of ether oxygens (including phenoxy) is 2. The SMILES string of the molecule is C.C[C@H](Nc1nccc(N2C(=O)OC[C@@H]2[C@@H](C)OC(C)(C)C)n1)c1ccc(-c2ccc(C(F)(F)F)nc2)cn1. The van der Waals surface area contributed by atoms with Crippen molar-refractivity contribution in [1.82, 2.24) is 19.9 Å². The number of alkyl halides is 3. The molecule has 9 nitrogen and oxygen atoms in total. The monoisotopic (exact) mass is 546 g/mol. The highest BCUT2D eigenvalue weighted by Crippen LogP contribution is 2.30. The molecule has 1 aliphatic rings. The van der Waals surface area contributed by atoms with Gasteiger partial charge in [-0.2, -0.15) is 18.2 Å². The minimum atomic E-state index is -4.49. The summed E-state index contributed by atoms with van der Waals surface area (Å²) in [7, 11) is 0. The Morgan fingerprint density at radius 1 is 1.03 bits per heavy atom. The fourth-order valence-corrected chi connectivity index (χ4v) is 4.07. The van der Waals surface area contributed by atoms with Crippen LogP contribution in [0, 0.1) is 0 Å². The quantitative estimate of drug-likeness (QED) is 0.369. The van der Waals surface area contributed by atoms with Crippen LogP contribution < -0.4 is 10.2 Å². The van der Waals surface area contributed by atoms with Crippen molar-refractivity contribution in [3.05, 3.63) is 60.3 Å². The molecule has 1 N–H and O–H groups in total. The molecular formula is C27H33F3N6O3. The van der Waals surface area contributed by atoms with Gasteiger partial charge in [-0.15, -0.1) is 0 Å². The van der Waals surface area contributed by atoms with Crippen molar-refractivity contribution >= 4 is 17.9 Å². The van der Waals surface area contributed by atoms with Crippen LogP contribution >= 0.6 is 0 Å². The minimum Gasteiger partial charge on any atom is -0.447 e. The highest BCUT2D eigenvalue weighted by Gasteiger charge is 2.40. The van der Waals surface area contributed by atoms with E-state index < -0.39 is 23.6 Å². The molecule has 0 radical (unpaired) electrons. The van der Waals surface area contributed by atoms with Gasteiger partial charge in [0.15, 0.2) is 0 Å². The second-order valence-corrected chi connectivity index (χ2v) is 9.96. The van der Waals surface area contributed by atoms with Crippen LogP contribution in [0.2, 0.25) is 0 Å². The van der Waals surface area contributed by atoms with E-state index in [1.807, 2.05) is 34.6 Å². The van der Waals surface area contributed by atoms with Crippen molar-refractivity contribution < 1.29 is 27.4 Å². The Balaban J connectivity index is 0.00000420. The van der Waals surface area contributed by atoms with Crippen molar-refractivity contribution in [1.29, 1.82) is 0 Å². The first-order valence-electron chi connectivity index (χ1n) is 12.0. The van der Waals surface area contributed by atoms with Crippen LogP contribution in [0.15, 0.2) is 48.9 Å². The van der Waals surface area contributed by atoms with Gasteiger partial charge in [0, 0.05) is 29.7 Å². The normalized spacial score (nSPS) is 17.3. The van der Waals surface area contributed by atoms with E-state index in [0.717, 1.165) is 6.07 Å². The zero-order valence-corrected chi connectivity index (χ0v) is 21.7. The molecule has 4 rings (SSSR count). The fourth-order valence-electron chi connectivity index (χ4n) is 4.07. The molecule has 210 valence electrons. The number of halogens is 3. The lowest BCUT2D eigenvalue weighted by molar-refractivity contribution is -0.141. The van der Waals surface area contributed by atoms with Crippen LogP contribution in [0.3, 0.4) is 0 Å². The second kappa shape index (κ2) is 11.5. The summed E-state index contributed by atoms with van der Waals surface area (Å²) in [5, 5.41) is 3.17. The molecule has 0 unspecified atom stereocenters. The molecule has 0 spiro atoms. The first kappa shape index (κ1) is 29.8. The Bertz CT molecular complexity index is 1260. The van der Waals surface area contributed by atoms with Gasteiger partial charge in [0.2, 0.25) is 5.95 Å². The molecule has 1 fully saturated rings. The maximum Gasteiger partial charge on any atom is 0.433 e. The van der Waals surface area contributed by atoms with Crippen LogP contribution in [-0.4, -0.2) is 50.4 Å². The van der Waals surface area contributed by atoms with Gasteiger partial charge in [0.05, 0.1) is 23.4 Å². The van der Waals surface area contributed by atoms with Crippen LogP contribution in [-0.2, 0) is 15.7 Å². The second-order valence-electron chi connectivity index (χ2n) is 9.96. The number of pyridine rings is 2. The summed E-state index contributed by atoms with van der Waals surface area (Å²) in [4.78, 5) is 30.7. The van der Waals surface area contributed by atoms with E-state index in [-0.39, 0.29) is 38.2 Å². The van der Waals surface area contributed by atoms with E-state index in [4.69, 9.17) is 9.47 Å². The van der Waals surface area contributed by atoms with Gasteiger partial charge in [0.1, 0.15) is 24.2 Å². The minimum absolute atomic E-state index is 0. The largest absolute Gasteiger partial charge is 0.447 e. The third kappa shape index (κ3) is 7.20. The van der Waals surface area contributed by atoms with Crippen LogP contribution in [0.4, 0.5) is 29.7 Å². The molecule has 3 aromatic rings. The summed E-state index contributed by atoms with van der Waals surface area (Å²) in [6.45, 7) is 9.78. The molecule has 3 atom stereocenters. The predicted octanol–water partition coefficient (Wildman–Crippen LogP) is 6.29. The van der Waals surface area contributed by atoms with E-state index in [1.54, 1.807) is 30.6 Å². The van der Waals surface area contributed by atoms with Gasteiger partial charge in [-0.1, -0.05) is 19.6 Å². The van der Waals surface area contributed by atoms with Gasteiger partial charge < -0.3 is 14.8 Å². The van der Waals surface area contributed by atoms with E-state index in [9.17, 15) is 18.0 Å². The number of nitrogens with zero attached hydrogens (tertiary/aromatic N) is 5. The Hall–Kier alpha value is -3.80. The van der Waals surface area contributed by atoms with Crippen LogP contribution in [0.5, 0.6) is 0 Å². The van der Waals surface area contributed by atoms with Crippen molar-refractivity contribution in [3.63, 3.8) is 0 Å². The summed E-state index contributed by atoms with van der Waals surface area (Å²) in [5.74, 6) is 0.667. The number of hydrogen-bond donors (Lipinski definition) is 1. The number of anilines is 2. The van der Waals surface area contributed by atoms with E-state index in [2.05, 4.69) is 25.3 Å². The highest BCUT2D eigenvalue weighted by atomic mass is 19.4. The molecule has 3 aromatic heterocycles. The van der Waals surface area contributed by atoms with E-state index in [0.29, 0.717) is 22.6 Å². The molecular weight excluding hydrogens is 513 g/mol. The lowest BCUT2D eigenvalue weighted by Crippen LogP contribution is -2.45. The fraction of sp³-hybridized carbons (Fsp3) is 0.444. The first-order chi connectivity index (χ1) is 17.8.